The molecule has 4 nitrogen and oxygen atoms in total. The van der Waals surface area contributed by atoms with Gasteiger partial charge in [0.25, 0.3) is 0 Å². The average Bonchev–Trinajstić information content (AvgIpc) is 3.43. The fourth-order valence-corrected chi connectivity index (χ4v) is 3.58. The summed E-state index contributed by atoms with van der Waals surface area (Å²) in [5.41, 5.74) is 9.43. The fourth-order valence-electron chi connectivity index (χ4n) is 3.58. The summed E-state index contributed by atoms with van der Waals surface area (Å²) >= 11 is 0. The van der Waals surface area contributed by atoms with Crippen LogP contribution in [0.2, 0.25) is 0 Å². The van der Waals surface area contributed by atoms with Gasteiger partial charge in [-0.25, -0.2) is 0 Å². The Morgan fingerprint density at radius 1 is 1.28 bits per heavy atom. The van der Waals surface area contributed by atoms with Crippen LogP contribution in [-0.4, -0.2) is 17.6 Å². The normalized spacial score (nSPS) is 19.8. The van der Waals surface area contributed by atoms with E-state index in [0.717, 1.165) is 29.2 Å². The molecule has 1 aliphatic carbocycles. The molecule has 1 saturated carbocycles. The van der Waals surface area contributed by atoms with Crippen LogP contribution in [0.1, 0.15) is 44.8 Å². The maximum absolute atomic E-state index is 6.34. The zero-order chi connectivity index (χ0) is 17.4. The molecule has 0 saturated heterocycles. The molecular formula is C21H26N2O2. The number of nitrogens with two attached hydrogens (primary N) is 1. The molecule has 0 radical (unpaired) electrons. The lowest BCUT2D eigenvalue weighted by Gasteiger charge is -2.28. The van der Waals surface area contributed by atoms with Crippen LogP contribution in [-0.2, 0) is 0 Å². The molecule has 0 amide bonds. The minimum absolute atomic E-state index is 0.0542. The van der Waals surface area contributed by atoms with Crippen LogP contribution >= 0.6 is 0 Å². The van der Waals surface area contributed by atoms with Crippen LogP contribution in [0.15, 0.2) is 36.5 Å². The first-order valence-corrected chi connectivity index (χ1v) is 9.26. The van der Waals surface area contributed by atoms with Crippen LogP contribution < -0.4 is 15.2 Å². The molecule has 132 valence electrons. The van der Waals surface area contributed by atoms with Gasteiger partial charge in [-0.3, -0.25) is 4.98 Å². The summed E-state index contributed by atoms with van der Waals surface area (Å²) in [5.74, 6) is 2.87. The predicted molar refractivity (Wildman–Crippen MR) is 98.7 cm³/mol. The molecule has 4 heteroatoms. The second-order valence-corrected chi connectivity index (χ2v) is 7.68. The van der Waals surface area contributed by atoms with Crippen molar-refractivity contribution in [3.63, 3.8) is 0 Å². The molecule has 0 bridgehead atoms. The Kier molecular flexibility index (Phi) is 4.38. The zero-order valence-electron chi connectivity index (χ0n) is 14.9. The Hall–Kier alpha value is -2.07. The van der Waals surface area contributed by atoms with Gasteiger partial charge in [-0.2, -0.15) is 0 Å². The van der Waals surface area contributed by atoms with Crippen molar-refractivity contribution in [3.8, 4) is 22.8 Å². The van der Waals surface area contributed by atoms with Crippen molar-refractivity contribution in [2.24, 2.45) is 17.6 Å². The number of aromatic nitrogens is 1. The molecule has 2 aromatic rings. The van der Waals surface area contributed by atoms with E-state index in [2.05, 4.69) is 24.9 Å². The fraction of sp³-hybridized carbons (Fsp3) is 0.476. The van der Waals surface area contributed by atoms with Crippen LogP contribution in [0.4, 0.5) is 0 Å². The molecule has 1 unspecified atom stereocenters. The standard InChI is InChI=1S/C21H26N2O2/c1-13(2)10-15(22)12-24-16-7-8-17-19(11-16)25-21(14-5-6-14)18-4-3-9-23-20(17)18/h3-4,7-9,11,13-15,21H,5-6,10,12,22H2,1-2H3/t15-,21?/m0/s1. The Morgan fingerprint density at radius 3 is 2.88 bits per heavy atom. The summed E-state index contributed by atoms with van der Waals surface area (Å²) in [5, 5.41) is 0. The van der Waals surface area contributed by atoms with Crippen molar-refractivity contribution < 1.29 is 9.47 Å². The molecule has 0 spiro atoms. The summed E-state index contributed by atoms with van der Waals surface area (Å²) in [6.07, 6.45) is 5.40. The molecule has 2 atom stereocenters. The maximum Gasteiger partial charge on any atom is 0.133 e. The number of nitrogens with zero attached hydrogens (tertiary/aromatic N) is 1. The third kappa shape index (κ3) is 3.49. The summed E-state index contributed by atoms with van der Waals surface area (Å²) in [6.45, 7) is 4.88. The second-order valence-electron chi connectivity index (χ2n) is 7.68. The average molecular weight is 338 g/mol. The van der Waals surface area contributed by atoms with Crippen LogP contribution in [0.3, 0.4) is 0 Å². The van der Waals surface area contributed by atoms with E-state index >= 15 is 0 Å². The zero-order valence-corrected chi connectivity index (χ0v) is 14.9. The molecule has 1 aromatic carbocycles. The van der Waals surface area contributed by atoms with E-state index in [0.29, 0.717) is 18.4 Å². The Morgan fingerprint density at radius 2 is 2.12 bits per heavy atom. The minimum Gasteiger partial charge on any atom is -0.492 e. The Balaban J connectivity index is 1.56. The number of pyridine rings is 1. The molecule has 1 aromatic heterocycles. The van der Waals surface area contributed by atoms with E-state index in [-0.39, 0.29) is 12.1 Å². The van der Waals surface area contributed by atoms with Gasteiger partial charge in [0.2, 0.25) is 0 Å². The van der Waals surface area contributed by atoms with Gasteiger partial charge < -0.3 is 15.2 Å². The predicted octanol–water partition coefficient (Wildman–Crippen LogP) is 4.34. The summed E-state index contributed by atoms with van der Waals surface area (Å²) in [7, 11) is 0. The number of rotatable bonds is 6. The van der Waals surface area contributed by atoms with Crippen molar-refractivity contribution in [2.75, 3.05) is 6.61 Å². The SMILES string of the molecule is CC(C)C[C@H](N)COc1ccc2c(c1)OC(C1CC1)c1cccnc1-2. The molecular weight excluding hydrogens is 312 g/mol. The lowest BCUT2D eigenvalue weighted by Crippen LogP contribution is -2.29. The first-order chi connectivity index (χ1) is 12.1. The van der Waals surface area contributed by atoms with Gasteiger partial charge in [-0.15, -0.1) is 0 Å². The highest BCUT2D eigenvalue weighted by molar-refractivity contribution is 5.73. The lowest BCUT2D eigenvalue weighted by atomic mass is 9.95. The molecule has 1 aliphatic heterocycles. The monoisotopic (exact) mass is 338 g/mol. The molecule has 25 heavy (non-hydrogen) atoms. The van der Waals surface area contributed by atoms with Crippen LogP contribution in [0.5, 0.6) is 11.5 Å². The van der Waals surface area contributed by atoms with Crippen molar-refractivity contribution in [3.05, 3.63) is 42.1 Å². The highest BCUT2D eigenvalue weighted by Gasteiger charge is 2.39. The van der Waals surface area contributed by atoms with E-state index in [1.165, 1.54) is 18.4 Å². The molecule has 2 N–H and O–H groups in total. The van der Waals surface area contributed by atoms with E-state index in [4.69, 9.17) is 15.2 Å². The van der Waals surface area contributed by atoms with E-state index in [1.807, 2.05) is 30.5 Å². The van der Waals surface area contributed by atoms with Crippen LogP contribution in [0, 0.1) is 11.8 Å². The third-order valence-corrected chi connectivity index (χ3v) is 4.90. The second kappa shape index (κ2) is 6.68. The van der Waals surface area contributed by atoms with Gasteiger partial charge >= 0.3 is 0 Å². The van der Waals surface area contributed by atoms with Gasteiger partial charge in [0, 0.05) is 35.3 Å². The lowest BCUT2D eigenvalue weighted by molar-refractivity contribution is 0.176. The molecule has 2 aliphatic rings. The topological polar surface area (TPSA) is 57.4 Å². The minimum atomic E-state index is 0.0542. The van der Waals surface area contributed by atoms with Crippen molar-refractivity contribution in [2.45, 2.75) is 45.3 Å². The van der Waals surface area contributed by atoms with Crippen molar-refractivity contribution in [1.29, 1.82) is 0 Å². The highest BCUT2D eigenvalue weighted by atomic mass is 16.5. The van der Waals surface area contributed by atoms with Gasteiger partial charge in [0.05, 0.1) is 5.69 Å². The summed E-state index contributed by atoms with van der Waals surface area (Å²) < 4.78 is 12.3. The van der Waals surface area contributed by atoms with Gasteiger partial charge in [0.15, 0.2) is 0 Å². The summed E-state index contributed by atoms with van der Waals surface area (Å²) in [4.78, 5) is 4.62. The number of hydrogen-bond donors (Lipinski definition) is 1. The quantitative estimate of drug-likeness (QED) is 0.851. The molecule has 4 rings (SSSR count). The third-order valence-electron chi connectivity index (χ3n) is 4.90. The number of ether oxygens (including phenoxy) is 2. The van der Waals surface area contributed by atoms with Gasteiger partial charge in [-0.1, -0.05) is 19.9 Å². The molecule has 1 fully saturated rings. The van der Waals surface area contributed by atoms with E-state index < -0.39 is 0 Å². The maximum atomic E-state index is 6.34. The molecule has 2 heterocycles. The largest absolute Gasteiger partial charge is 0.492 e. The van der Waals surface area contributed by atoms with Gasteiger partial charge in [0.1, 0.15) is 24.2 Å². The number of hydrogen-bond acceptors (Lipinski definition) is 4. The highest BCUT2D eigenvalue weighted by Crippen LogP contribution is 2.51. The van der Waals surface area contributed by atoms with E-state index in [9.17, 15) is 0 Å². The number of benzene rings is 1. The Bertz CT molecular complexity index is 755. The number of fused-ring (bicyclic) bond motifs is 3. The first-order valence-electron chi connectivity index (χ1n) is 9.26. The van der Waals surface area contributed by atoms with Gasteiger partial charge in [-0.05, 0) is 43.4 Å². The van der Waals surface area contributed by atoms with Crippen LogP contribution in [0.25, 0.3) is 11.3 Å². The smallest absolute Gasteiger partial charge is 0.133 e. The van der Waals surface area contributed by atoms with Crippen molar-refractivity contribution in [1.82, 2.24) is 4.98 Å². The Labute approximate surface area is 149 Å². The van der Waals surface area contributed by atoms with E-state index in [1.54, 1.807) is 0 Å². The van der Waals surface area contributed by atoms with Crippen molar-refractivity contribution >= 4 is 0 Å². The first kappa shape index (κ1) is 16.4. The summed E-state index contributed by atoms with van der Waals surface area (Å²) in [6, 6.07) is 10.2.